The van der Waals surface area contributed by atoms with E-state index < -0.39 is 17.9 Å². The van der Waals surface area contributed by atoms with Crippen molar-refractivity contribution in [1.29, 1.82) is 5.26 Å². The minimum atomic E-state index is -0.911. The number of pyridine rings is 2. The molecule has 0 amide bonds. The largest absolute Gasteiger partial charge is 0.481 e. The fraction of sp³-hybridized carbons (Fsp3) is 0.217. The number of carbonyl (C=O) groups is 1. The van der Waals surface area contributed by atoms with Crippen molar-refractivity contribution in [3.05, 3.63) is 95.6 Å². The smallest absolute Gasteiger partial charge is 0.309 e. The average Bonchev–Trinajstić information content (AvgIpc) is 2.79. The highest BCUT2D eigenvalue weighted by Gasteiger charge is 2.29. The number of nitrogens with one attached hydrogen (secondary N) is 2. The third-order valence-corrected chi connectivity index (χ3v) is 4.74. The van der Waals surface area contributed by atoms with Crippen molar-refractivity contribution in [2.45, 2.75) is 19.1 Å². The normalized spacial score (nSPS) is 12.6. The first kappa shape index (κ1) is 21.1. The van der Waals surface area contributed by atoms with Crippen LogP contribution in [0.15, 0.2) is 73.1 Å². The summed E-state index contributed by atoms with van der Waals surface area (Å²) in [4.78, 5) is 20.7. The van der Waals surface area contributed by atoms with Gasteiger partial charge in [-0.3, -0.25) is 14.8 Å². The lowest BCUT2D eigenvalue weighted by atomic mass is 9.92. The molecule has 2 unspecified atom stereocenters. The molecule has 0 aliphatic heterocycles. The van der Waals surface area contributed by atoms with Gasteiger partial charge >= 0.3 is 5.97 Å². The standard InChI is InChI=1S/C23H23N5O2/c24-13-17-7-9-18(10-8-17)22(28-15-20-6-2-4-12-27-20)21(23(29)30)16-25-14-19-5-1-3-11-26-19/h1-12,21-22,25,28H,14-16H2,(H,29,30). The lowest BCUT2D eigenvalue weighted by molar-refractivity contribution is -0.142. The third kappa shape index (κ3) is 5.95. The number of aliphatic carboxylic acids is 1. The minimum absolute atomic E-state index is 0.256. The number of carboxylic acid groups (broad SMARTS) is 1. The maximum absolute atomic E-state index is 12.1. The summed E-state index contributed by atoms with van der Waals surface area (Å²) in [6.45, 7) is 1.16. The maximum atomic E-state index is 12.1. The summed E-state index contributed by atoms with van der Waals surface area (Å²) in [7, 11) is 0. The molecule has 3 N–H and O–H groups in total. The Morgan fingerprint density at radius 3 is 2.13 bits per heavy atom. The molecule has 0 saturated carbocycles. The summed E-state index contributed by atoms with van der Waals surface area (Å²) in [5, 5.41) is 25.5. The van der Waals surface area contributed by atoms with Crippen LogP contribution in [0, 0.1) is 17.2 Å². The highest BCUT2D eigenvalue weighted by atomic mass is 16.4. The van der Waals surface area contributed by atoms with Crippen LogP contribution in [0.2, 0.25) is 0 Å². The number of hydrogen-bond acceptors (Lipinski definition) is 6. The van der Waals surface area contributed by atoms with Crippen molar-refractivity contribution in [3.63, 3.8) is 0 Å². The quantitative estimate of drug-likeness (QED) is 0.479. The molecule has 0 aliphatic rings. The van der Waals surface area contributed by atoms with Crippen LogP contribution in [0.25, 0.3) is 0 Å². The highest BCUT2D eigenvalue weighted by Crippen LogP contribution is 2.23. The van der Waals surface area contributed by atoms with Crippen molar-refractivity contribution in [2.24, 2.45) is 5.92 Å². The van der Waals surface area contributed by atoms with Crippen LogP contribution in [0.4, 0.5) is 0 Å². The number of benzene rings is 1. The second kappa shape index (κ2) is 10.8. The Balaban J connectivity index is 1.76. The Hall–Kier alpha value is -3.60. The van der Waals surface area contributed by atoms with Gasteiger partial charge in [-0.05, 0) is 42.0 Å². The summed E-state index contributed by atoms with van der Waals surface area (Å²) in [5.74, 6) is -1.64. The van der Waals surface area contributed by atoms with Gasteiger partial charge in [0, 0.05) is 38.1 Å². The predicted octanol–water partition coefficient (Wildman–Crippen LogP) is 2.67. The molecule has 2 atom stereocenters. The van der Waals surface area contributed by atoms with Crippen molar-refractivity contribution in [1.82, 2.24) is 20.6 Å². The van der Waals surface area contributed by atoms with Crippen LogP contribution in [-0.4, -0.2) is 27.6 Å². The van der Waals surface area contributed by atoms with Crippen molar-refractivity contribution >= 4 is 5.97 Å². The summed E-state index contributed by atoms with van der Waals surface area (Å²) in [6, 6.07) is 19.9. The molecule has 0 bridgehead atoms. The van der Waals surface area contributed by atoms with Crippen molar-refractivity contribution in [3.8, 4) is 6.07 Å². The van der Waals surface area contributed by atoms with Gasteiger partial charge < -0.3 is 15.7 Å². The topological polar surface area (TPSA) is 111 Å². The SMILES string of the molecule is N#Cc1ccc(C(NCc2ccccn2)C(CNCc2ccccn2)C(=O)O)cc1. The Morgan fingerprint density at radius 1 is 0.967 bits per heavy atom. The van der Waals surface area contributed by atoms with Crippen LogP contribution in [0.5, 0.6) is 0 Å². The summed E-state index contributed by atoms with van der Waals surface area (Å²) >= 11 is 0. The molecule has 2 heterocycles. The maximum Gasteiger partial charge on any atom is 0.309 e. The molecule has 1 aromatic carbocycles. The lowest BCUT2D eigenvalue weighted by Gasteiger charge is -2.26. The van der Waals surface area contributed by atoms with Gasteiger partial charge in [-0.15, -0.1) is 0 Å². The van der Waals surface area contributed by atoms with E-state index in [4.69, 9.17) is 5.26 Å². The number of nitrogens with zero attached hydrogens (tertiary/aromatic N) is 3. The van der Waals surface area contributed by atoms with E-state index in [1.807, 2.05) is 36.4 Å². The van der Waals surface area contributed by atoms with Gasteiger partial charge in [0.25, 0.3) is 0 Å². The highest BCUT2D eigenvalue weighted by molar-refractivity contribution is 5.71. The number of aromatic nitrogens is 2. The molecule has 7 nitrogen and oxygen atoms in total. The lowest BCUT2D eigenvalue weighted by Crippen LogP contribution is -2.39. The molecule has 0 saturated heterocycles. The van der Waals surface area contributed by atoms with Gasteiger partial charge in [0.05, 0.1) is 28.9 Å². The van der Waals surface area contributed by atoms with E-state index in [1.165, 1.54) is 0 Å². The molecule has 7 heteroatoms. The minimum Gasteiger partial charge on any atom is -0.481 e. The van der Waals surface area contributed by atoms with Crippen molar-refractivity contribution < 1.29 is 9.90 Å². The Labute approximate surface area is 175 Å². The van der Waals surface area contributed by atoms with Crippen LogP contribution in [-0.2, 0) is 17.9 Å². The van der Waals surface area contributed by atoms with E-state index >= 15 is 0 Å². The molecular formula is C23H23N5O2. The molecule has 30 heavy (non-hydrogen) atoms. The van der Waals surface area contributed by atoms with Crippen LogP contribution in [0.1, 0.15) is 28.6 Å². The van der Waals surface area contributed by atoms with E-state index in [0.717, 1.165) is 17.0 Å². The van der Waals surface area contributed by atoms with E-state index in [-0.39, 0.29) is 6.54 Å². The van der Waals surface area contributed by atoms with Gasteiger partial charge in [-0.25, -0.2) is 0 Å². The van der Waals surface area contributed by atoms with E-state index in [0.29, 0.717) is 18.7 Å². The molecule has 3 aromatic rings. The Kier molecular flexibility index (Phi) is 7.61. The van der Waals surface area contributed by atoms with E-state index in [1.54, 1.807) is 36.7 Å². The number of rotatable bonds is 10. The zero-order valence-corrected chi connectivity index (χ0v) is 16.4. The van der Waals surface area contributed by atoms with Crippen LogP contribution >= 0.6 is 0 Å². The third-order valence-electron chi connectivity index (χ3n) is 4.74. The van der Waals surface area contributed by atoms with Gasteiger partial charge in [-0.1, -0.05) is 24.3 Å². The van der Waals surface area contributed by atoms with Gasteiger partial charge in [0.1, 0.15) is 0 Å². The first-order valence-electron chi connectivity index (χ1n) is 9.64. The molecular weight excluding hydrogens is 378 g/mol. The Bertz CT molecular complexity index is 972. The second-order valence-corrected chi connectivity index (χ2v) is 6.81. The summed E-state index contributed by atoms with van der Waals surface area (Å²) < 4.78 is 0. The van der Waals surface area contributed by atoms with Gasteiger partial charge in [0.2, 0.25) is 0 Å². The van der Waals surface area contributed by atoms with E-state index in [2.05, 4.69) is 26.7 Å². The fourth-order valence-corrected chi connectivity index (χ4v) is 3.18. The van der Waals surface area contributed by atoms with E-state index in [9.17, 15) is 9.90 Å². The predicted molar refractivity (Wildman–Crippen MR) is 112 cm³/mol. The van der Waals surface area contributed by atoms with Crippen LogP contribution < -0.4 is 10.6 Å². The second-order valence-electron chi connectivity index (χ2n) is 6.81. The zero-order valence-electron chi connectivity index (χ0n) is 16.4. The average molecular weight is 401 g/mol. The van der Waals surface area contributed by atoms with Gasteiger partial charge in [0.15, 0.2) is 0 Å². The van der Waals surface area contributed by atoms with Crippen molar-refractivity contribution in [2.75, 3.05) is 6.54 Å². The number of nitriles is 1. The zero-order chi connectivity index (χ0) is 21.2. The molecule has 2 aromatic heterocycles. The molecule has 0 fully saturated rings. The summed E-state index contributed by atoms with van der Waals surface area (Å²) in [5.41, 5.74) is 3.00. The van der Waals surface area contributed by atoms with Gasteiger partial charge in [-0.2, -0.15) is 5.26 Å². The van der Waals surface area contributed by atoms with Crippen LogP contribution in [0.3, 0.4) is 0 Å². The monoisotopic (exact) mass is 401 g/mol. The first-order chi connectivity index (χ1) is 14.7. The molecule has 0 spiro atoms. The Morgan fingerprint density at radius 2 is 1.60 bits per heavy atom. The first-order valence-corrected chi connectivity index (χ1v) is 9.64. The molecule has 0 radical (unpaired) electrons. The summed E-state index contributed by atoms with van der Waals surface area (Å²) in [6.07, 6.45) is 3.41. The molecule has 152 valence electrons. The molecule has 3 rings (SSSR count). The number of hydrogen-bond donors (Lipinski definition) is 3. The number of carboxylic acids is 1. The fourth-order valence-electron chi connectivity index (χ4n) is 3.18. The molecule has 0 aliphatic carbocycles.